The first-order valence-corrected chi connectivity index (χ1v) is 2.45. The average Bonchev–Trinajstić information content (AvgIpc) is 1.65. The van der Waals surface area contributed by atoms with Crippen LogP contribution < -0.4 is 0 Å². The molecule has 0 aliphatic carbocycles. The molecular weight excluding hydrogens is 130 g/mol. The highest BCUT2D eigenvalue weighted by Gasteiger charge is 2.31. The summed E-state index contributed by atoms with van der Waals surface area (Å²) in [7, 11) is 0. The van der Waals surface area contributed by atoms with Crippen LogP contribution in [0.5, 0.6) is 0 Å². The lowest BCUT2D eigenvalue weighted by Crippen LogP contribution is -2.33. The topological polar surface area (TPSA) is 37.3 Å². The van der Waals surface area contributed by atoms with E-state index in [1.54, 1.807) is 0 Å². The van der Waals surface area contributed by atoms with E-state index in [0.717, 1.165) is 6.92 Å². The quantitative estimate of drug-likeness (QED) is 0.579. The SMILES string of the molecule is CC(O)(CC=O)C(F)F. The highest BCUT2D eigenvalue weighted by molar-refractivity contribution is 5.51. The molecule has 0 saturated heterocycles. The Morgan fingerprint density at radius 3 is 2.33 bits per heavy atom. The highest BCUT2D eigenvalue weighted by Crippen LogP contribution is 2.16. The highest BCUT2D eigenvalue weighted by atomic mass is 19.3. The number of rotatable bonds is 3. The Kier molecular flexibility index (Phi) is 2.70. The molecule has 0 aromatic heterocycles. The van der Waals surface area contributed by atoms with Crippen LogP contribution in [0, 0.1) is 0 Å². The first-order chi connectivity index (χ1) is 4.00. The minimum Gasteiger partial charge on any atom is -0.384 e. The van der Waals surface area contributed by atoms with Gasteiger partial charge in [-0.1, -0.05) is 0 Å². The molecule has 4 heteroatoms. The standard InChI is InChI=1S/C5H8F2O2/c1-5(9,2-3-8)4(6)7/h3-4,9H,2H2,1H3. The molecule has 1 atom stereocenters. The summed E-state index contributed by atoms with van der Waals surface area (Å²) in [5.41, 5.74) is -2.15. The second-order valence-electron chi connectivity index (χ2n) is 2.03. The van der Waals surface area contributed by atoms with Crippen LogP contribution in [0.1, 0.15) is 13.3 Å². The maximum absolute atomic E-state index is 11.6. The third kappa shape index (κ3) is 2.51. The van der Waals surface area contributed by atoms with Gasteiger partial charge in [-0.3, -0.25) is 0 Å². The van der Waals surface area contributed by atoms with Crippen molar-refractivity contribution < 1.29 is 18.7 Å². The minimum absolute atomic E-state index is 0.270. The van der Waals surface area contributed by atoms with E-state index in [9.17, 15) is 13.6 Å². The van der Waals surface area contributed by atoms with E-state index >= 15 is 0 Å². The van der Waals surface area contributed by atoms with Crippen LogP contribution in [0.2, 0.25) is 0 Å². The van der Waals surface area contributed by atoms with Crippen molar-refractivity contribution >= 4 is 6.29 Å². The number of hydrogen-bond acceptors (Lipinski definition) is 2. The molecule has 0 bridgehead atoms. The Hall–Kier alpha value is -0.510. The number of hydrogen-bond donors (Lipinski definition) is 1. The van der Waals surface area contributed by atoms with E-state index < -0.39 is 18.4 Å². The number of aliphatic hydroxyl groups is 1. The van der Waals surface area contributed by atoms with Gasteiger partial charge < -0.3 is 9.90 Å². The molecule has 0 spiro atoms. The van der Waals surface area contributed by atoms with Gasteiger partial charge in [0.25, 0.3) is 6.43 Å². The fourth-order valence-corrected chi connectivity index (χ4v) is 0.258. The van der Waals surface area contributed by atoms with Gasteiger partial charge >= 0.3 is 0 Å². The summed E-state index contributed by atoms with van der Waals surface area (Å²) >= 11 is 0. The normalized spacial score (nSPS) is 17.4. The van der Waals surface area contributed by atoms with Gasteiger partial charge in [0.05, 0.1) is 0 Å². The molecule has 0 rings (SSSR count). The second kappa shape index (κ2) is 2.87. The molecule has 0 fully saturated rings. The fourth-order valence-electron chi connectivity index (χ4n) is 0.258. The zero-order valence-corrected chi connectivity index (χ0v) is 4.97. The first kappa shape index (κ1) is 8.49. The molecule has 1 N–H and O–H groups in total. The lowest BCUT2D eigenvalue weighted by Gasteiger charge is -2.18. The first-order valence-electron chi connectivity index (χ1n) is 2.45. The van der Waals surface area contributed by atoms with Crippen LogP contribution in [-0.2, 0) is 4.79 Å². The van der Waals surface area contributed by atoms with Gasteiger partial charge in [0.1, 0.15) is 11.9 Å². The van der Waals surface area contributed by atoms with Gasteiger partial charge in [0.15, 0.2) is 0 Å². The van der Waals surface area contributed by atoms with Gasteiger partial charge in [0, 0.05) is 6.42 Å². The van der Waals surface area contributed by atoms with Crippen molar-refractivity contribution in [3.8, 4) is 0 Å². The van der Waals surface area contributed by atoms with E-state index in [-0.39, 0.29) is 6.29 Å². The zero-order chi connectivity index (χ0) is 7.49. The molecule has 54 valence electrons. The van der Waals surface area contributed by atoms with Crippen LogP contribution in [-0.4, -0.2) is 23.4 Å². The summed E-state index contributed by atoms with van der Waals surface area (Å²) in [6, 6.07) is 0. The number of alkyl halides is 2. The molecule has 0 amide bonds. The van der Waals surface area contributed by atoms with Gasteiger partial charge in [-0.05, 0) is 6.92 Å². The van der Waals surface area contributed by atoms with Crippen LogP contribution in [0.3, 0.4) is 0 Å². The Morgan fingerprint density at radius 1 is 1.78 bits per heavy atom. The summed E-state index contributed by atoms with van der Waals surface area (Å²) in [6.07, 6.45) is -3.11. The van der Waals surface area contributed by atoms with Crippen LogP contribution >= 0.6 is 0 Å². The van der Waals surface area contributed by atoms with Gasteiger partial charge in [-0.2, -0.15) is 0 Å². The molecule has 0 radical (unpaired) electrons. The summed E-state index contributed by atoms with van der Waals surface area (Å²) in [5, 5.41) is 8.61. The third-order valence-electron chi connectivity index (χ3n) is 0.967. The summed E-state index contributed by atoms with van der Waals surface area (Å²) in [5.74, 6) is 0. The van der Waals surface area contributed by atoms with Crippen molar-refractivity contribution in [3.63, 3.8) is 0 Å². The summed E-state index contributed by atoms with van der Waals surface area (Å²) < 4.78 is 23.2. The van der Waals surface area contributed by atoms with Crippen molar-refractivity contribution in [1.29, 1.82) is 0 Å². The van der Waals surface area contributed by atoms with Crippen molar-refractivity contribution in [2.75, 3.05) is 0 Å². The predicted octanol–water partition coefficient (Wildman–Crippen LogP) is 0.591. The van der Waals surface area contributed by atoms with Crippen LogP contribution in [0.15, 0.2) is 0 Å². The van der Waals surface area contributed by atoms with Crippen LogP contribution in [0.25, 0.3) is 0 Å². The lowest BCUT2D eigenvalue weighted by atomic mass is 10.1. The molecule has 2 nitrogen and oxygen atoms in total. The molecule has 0 aromatic carbocycles. The molecule has 9 heavy (non-hydrogen) atoms. The van der Waals surface area contributed by atoms with Gasteiger partial charge in [-0.15, -0.1) is 0 Å². The Labute approximate surface area is 51.5 Å². The fraction of sp³-hybridized carbons (Fsp3) is 0.800. The monoisotopic (exact) mass is 138 g/mol. The smallest absolute Gasteiger partial charge is 0.266 e. The average molecular weight is 138 g/mol. The number of carbonyl (C=O) groups is 1. The number of aldehydes is 1. The van der Waals surface area contributed by atoms with E-state index in [0.29, 0.717) is 0 Å². The lowest BCUT2D eigenvalue weighted by molar-refractivity contribution is -0.122. The van der Waals surface area contributed by atoms with E-state index in [1.807, 2.05) is 0 Å². The van der Waals surface area contributed by atoms with Gasteiger partial charge in [-0.25, -0.2) is 8.78 Å². The predicted molar refractivity (Wildman–Crippen MR) is 27.3 cm³/mol. The van der Waals surface area contributed by atoms with Crippen molar-refractivity contribution in [1.82, 2.24) is 0 Å². The Morgan fingerprint density at radius 2 is 2.22 bits per heavy atom. The van der Waals surface area contributed by atoms with Crippen LogP contribution in [0.4, 0.5) is 8.78 Å². The summed E-state index contributed by atoms with van der Waals surface area (Å²) in [4.78, 5) is 9.63. The molecule has 0 aliphatic heterocycles. The molecule has 0 saturated carbocycles. The zero-order valence-electron chi connectivity index (χ0n) is 4.97. The largest absolute Gasteiger partial charge is 0.384 e. The molecule has 0 aliphatic rings. The number of halogens is 2. The van der Waals surface area contributed by atoms with Gasteiger partial charge in [0.2, 0.25) is 0 Å². The Balaban J connectivity index is 3.84. The minimum atomic E-state index is -2.86. The van der Waals surface area contributed by atoms with E-state index in [2.05, 4.69) is 0 Å². The molecule has 0 heterocycles. The maximum Gasteiger partial charge on any atom is 0.266 e. The molecular formula is C5H8F2O2. The number of carbonyl (C=O) groups excluding carboxylic acids is 1. The molecule has 1 unspecified atom stereocenters. The van der Waals surface area contributed by atoms with Crippen molar-refractivity contribution in [2.45, 2.75) is 25.4 Å². The van der Waals surface area contributed by atoms with Crippen molar-refractivity contribution in [2.24, 2.45) is 0 Å². The third-order valence-corrected chi connectivity index (χ3v) is 0.967. The second-order valence-corrected chi connectivity index (χ2v) is 2.03. The van der Waals surface area contributed by atoms with Crippen molar-refractivity contribution in [3.05, 3.63) is 0 Å². The van der Waals surface area contributed by atoms with E-state index in [1.165, 1.54) is 0 Å². The maximum atomic E-state index is 11.6. The summed E-state index contributed by atoms with van der Waals surface area (Å²) in [6.45, 7) is 0.923. The molecule has 0 aromatic rings. The Bertz CT molecular complexity index is 101. The van der Waals surface area contributed by atoms with E-state index in [4.69, 9.17) is 5.11 Å².